The molecule has 1 aromatic heterocycles. The van der Waals surface area contributed by atoms with Crippen molar-refractivity contribution in [3.05, 3.63) is 41.6 Å². The molecule has 4 heteroatoms. The Bertz CT molecular complexity index is 1140. The molecule has 3 aromatic rings. The Kier molecular flexibility index (Phi) is 3.26. The smallest absolute Gasteiger partial charge is 0.218 e. The summed E-state index contributed by atoms with van der Waals surface area (Å²) in [6.45, 7) is 10.0. The van der Waals surface area contributed by atoms with Crippen LogP contribution in [0.25, 0.3) is 21.7 Å². The van der Waals surface area contributed by atoms with E-state index in [-0.39, 0.29) is 43.1 Å². The van der Waals surface area contributed by atoms with Crippen molar-refractivity contribution < 1.29 is 29.6 Å². The van der Waals surface area contributed by atoms with Crippen LogP contribution in [-0.2, 0) is 30.9 Å². The number of ether oxygens (including phenoxy) is 2. The number of fused-ring (bicyclic) bond motifs is 10. The maximum atomic E-state index is 5.56. The number of aromatic nitrogens is 1. The van der Waals surface area contributed by atoms with E-state index in [1.807, 2.05) is 6.07 Å². The summed E-state index contributed by atoms with van der Waals surface area (Å²) < 4.78 is 11.1. The fourth-order valence-electron chi connectivity index (χ4n) is 5.94. The van der Waals surface area contributed by atoms with Crippen LogP contribution in [0.5, 0.6) is 11.5 Å². The SMILES string of the molecule is CC12CCC(C)(c3c1cnc1c3ccc3cc4c([c-]c31)OCO4)C2(C)C.[Ir]. The van der Waals surface area contributed by atoms with Gasteiger partial charge in [0.1, 0.15) is 0 Å². The van der Waals surface area contributed by atoms with Crippen LogP contribution in [0.15, 0.2) is 24.4 Å². The Morgan fingerprint density at radius 1 is 1.04 bits per heavy atom. The molecular weight excluding hydrogens is 514 g/mol. The van der Waals surface area contributed by atoms with Gasteiger partial charge in [-0.15, -0.1) is 10.8 Å². The number of benzene rings is 2. The van der Waals surface area contributed by atoms with Crippen LogP contribution in [0.3, 0.4) is 0 Å². The van der Waals surface area contributed by atoms with Gasteiger partial charge in [0.25, 0.3) is 0 Å². The molecule has 2 heterocycles. The van der Waals surface area contributed by atoms with E-state index >= 15 is 0 Å². The van der Waals surface area contributed by atoms with Gasteiger partial charge >= 0.3 is 0 Å². The minimum absolute atomic E-state index is 0. The van der Waals surface area contributed by atoms with Gasteiger partial charge in [-0.25, -0.2) is 0 Å². The number of pyridine rings is 1. The molecule has 2 aliphatic carbocycles. The molecule has 27 heavy (non-hydrogen) atoms. The summed E-state index contributed by atoms with van der Waals surface area (Å²) in [4.78, 5) is 4.94. The minimum Gasteiger partial charge on any atom is -0.500 e. The Morgan fingerprint density at radius 2 is 1.81 bits per heavy atom. The molecule has 141 valence electrons. The molecule has 6 rings (SSSR count). The van der Waals surface area contributed by atoms with E-state index in [0.717, 1.165) is 22.0 Å². The molecule has 2 unspecified atom stereocenters. The predicted molar refractivity (Wildman–Crippen MR) is 102 cm³/mol. The van der Waals surface area contributed by atoms with Gasteiger partial charge in [-0.2, -0.15) is 0 Å². The number of hydrogen-bond donors (Lipinski definition) is 0. The van der Waals surface area contributed by atoms with Crippen LogP contribution in [0.2, 0.25) is 0 Å². The predicted octanol–water partition coefficient (Wildman–Crippen LogP) is 5.26. The fraction of sp³-hybridized carbons (Fsp3) is 0.435. The van der Waals surface area contributed by atoms with E-state index in [2.05, 4.69) is 52.1 Å². The summed E-state index contributed by atoms with van der Waals surface area (Å²) in [6.07, 6.45) is 4.63. The number of hydrogen-bond acceptors (Lipinski definition) is 3. The van der Waals surface area contributed by atoms with Crippen molar-refractivity contribution in [2.75, 3.05) is 6.79 Å². The first-order valence-corrected chi connectivity index (χ1v) is 9.45. The number of rotatable bonds is 0. The molecule has 0 saturated heterocycles. The zero-order chi connectivity index (χ0) is 17.9. The zero-order valence-electron chi connectivity index (χ0n) is 16.0. The van der Waals surface area contributed by atoms with Crippen LogP contribution in [-0.4, -0.2) is 11.8 Å². The third-order valence-electron chi connectivity index (χ3n) is 8.27. The van der Waals surface area contributed by atoms with Crippen molar-refractivity contribution in [3.8, 4) is 11.5 Å². The Labute approximate surface area is 172 Å². The molecule has 2 aromatic carbocycles. The third-order valence-corrected chi connectivity index (χ3v) is 8.27. The average Bonchev–Trinajstić information content (AvgIpc) is 3.19. The second-order valence-corrected chi connectivity index (χ2v) is 9.13. The molecule has 2 atom stereocenters. The summed E-state index contributed by atoms with van der Waals surface area (Å²) in [5, 5.41) is 3.42. The standard InChI is InChI=1S/C23H22NO2.Ir/c1-21(2)22(3)7-8-23(21,4)19-14-6-5-13-9-17-18(26-12-25-17)10-15(13)20(14)24-11-16(19)22;/h5-6,9,11H,7-8,12H2,1-4H3;/q-1;. The quantitative estimate of drug-likeness (QED) is 0.290. The molecule has 0 amide bonds. The first-order valence-electron chi connectivity index (χ1n) is 9.45. The van der Waals surface area contributed by atoms with Gasteiger partial charge in [0.2, 0.25) is 6.79 Å². The minimum atomic E-state index is 0. The van der Waals surface area contributed by atoms with Crippen LogP contribution in [0, 0.1) is 11.5 Å². The largest absolute Gasteiger partial charge is 0.500 e. The Balaban J connectivity index is 0.00000160. The van der Waals surface area contributed by atoms with Gasteiger partial charge in [0, 0.05) is 31.7 Å². The molecule has 3 aliphatic rings. The first-order chi connectivity index (χ1) is 12.4. The molecule has 1 radical (unpaired) electrons. The van der Waals surface area contributed by atoms with Gasteiger partial charge in [-0.1, -0.05) is 52.0 Å². The third kappa shape index (κ3) is 1.75. The van der Waals surface area contributed by atoms with Crippen molar-refractivity contribution >= 4 is 21.7 Å². The topological polar surface area (TPSA) is 31.4 Å². The van der Waals surface area contributed by atoms with Crippen LogP contribution < -0.4 is 9.47 Å². The second kappa shape index (κ2) is 5.04. The first kappa shape index (κ1) is 17.5. The summed E-state index contributed by atoms with van der Waals surface area (Å²) in [7, 11) is 0. The van der Waals surface area contributed by atoms with Crippen molar-refractivity contribution in [1.82, 2.24) is 4.98 Å². The molecule has 0 spiro atoms. The maximum absolute atomic E-state index is 5.56. The van der Waals surface area contributed by atoms with Crippen LogP contribution in [0.1, 0.15) is 51.7 Å². The summed E-state index contributed by atoms with van der Waals surface area (Å²) >= 11 is 0. The molecule has 2 bridgehead atoms. The Morgan fingerprint density at radius 3 is 2.63 bits per heavy atom. The molecule has 1 fully saturated rings. The molecule has 1 saturated carbocycles. The van der Waals surface area contributed by atoms with Gasteiger partial charge < -0.3 is 14.5 Å². The molecule has 0 N–H and O–H groups in total. The van der Waals surface area contributed by atoms with Crippen LogP contribution in [0.4, 0.5) is 0 Å². The summed E-state index contributed by atoms with van der Waals surface area (Å²) in [6, 6.07) is 9.90. The van der Waals surface area contributed by atoms with Crippen molar-refractivity contribution in [2.45, 2.75) is 51.4 Å². The van der Waals surface area contributed by atoms with Crippen molar-refractivity contribution in [2.24, 2.45) is 5.41 Å². The average molecular weight is 537 g/mol. The van der Waals surface area contributed by atoms with Crippen LogP contribution >= 0.6 is 0 Å². The summed E-state index contributed by atoms with van der Waals surface area (Å²) in [5.74, 6) is 1.48. The fourth-order valence-corrected chi connectivity index (χ4v) is 5.94. The zero-order valence-corrected chi connectivity index (χ0v) is 18.4. The van der Waals surface area contributed by atoms with E-state index in [0.29, 0.717) is 5.75 Å². The molecule has 3 nitrogen and oxygen atoms in total. The van der Waals surface area contributed by atoms with Gasteiger partial charge in [-0.05, 0) is 45.7 Å². The number of nitrogens with zero attached hydrogens (tertiary/aromatic N) is 1. The normalized spacial score (nSPS) is 29.2. The van der Waals surface area contributed by atoms with Gasteiger partial charge in [0.05, 0.1) is 11.5 Å². The van der Waals surface area contributed by atoms with Crippen molar-refractivity contribution in [1.29, 1.82) is 0 Å². The second-order valence-electron chi connectivity index (χ2n) is 9.13. The van der Waals surface area contributed by atoms with E-state index in [1.165, 1.54) is 29.4 Å². The molecule has 1 aliphatic heterocycles. The van der Waals surface area contributed by atoms with E-state index in [4.69, 9.17) is 14.5 Å². The van der Waals surface area contributed by atoms with E-state index in [9.17, 15) is 0 Å². The van der Waals surface area contributed by atoms with Gasteiger partial charge in [-0.3, -0.25) is 0 Å². The van der Waals surface area contributed by atoms with E-state index in [1.54, 1.807) is 0 Å². The summed E-state index contributed by atoms with van der Waals surface area (Å²) in [5.41, 5.74) is 4.60. The van der Waals surface area contributed by atoms with Crippen molar-refractivity contribution in [3.63, 3.8) is 0 Å². The monoisotopic (exact) mass is 537 g/mol. The Hall–Kier alpha value is -1.64. The van der Waals surface area contributed by atoms with E-state index < -0.39 is 0 Å². The molecular formula is C23H22IrNO2-. The maximum Gasteiger partial charge on any atom is 0.218 e. The van der Waals surface area contributed by atoms with Gasteiger partial charge in [0.15, 0.2) is 0 Å².